The first-order chi connectivity index (χ1) is 13.2. The maximum absolute atomic E-state index is 13.0. The summed E-state index contributed by atoms with van der Waals surface area (Å²) in [7, 11) is 0. The van der Waals surface area contributed by atoms with E-state index >= 15 is 0 Å². The number of benzene rings is 2. The molecule has 2 aliphatic rings. The smallest absolute Gasteiger partial charge is 0.276 e. The molecule has 2 aromatic carbocycles. The summed E-state index contributed by atoms with van der Waals surface area (Å²) >= 11 is 0. The van der Waals surface area contributed by atoms with E-state index in [1.54, 1.807) is 0 Å². The van der Waals surface area contributed by atoms with Crippen molar-refractivity contribution in [3.05, 3.63) is 83.7 Å². The molecule has 1 atom stereocenters. The van der Waals surface area contributed by atoms with Crippen LogP contribution in [0.4, 0.5) is 17.1 Å². The van der Waals surface area contributed by atoms with Crippen LogP contribution in [-0.4, -0.2) is 23.5 Å². The number of hydrogen-bond acceptors (Lipinski definition) is 3. The number of carbonyl (C=O) groups is 1. The van der Waals surface area contributed by atoms with Crippen LogP contribution >= 0.6 is 0 Å². The highest BCUT2D eigenvalue weighted by Crippen LogP contribution is 2.37. The monoisotopic (exact) mass is 355 g/mol. The van der Waals surface area contributed by atoms with E-state index in [0.717, 1.165) is 30.8 Å². The van der Waals surface area contributed by atoms with Gasteiger partial charge in [0.2, 0.25) is 0 Å². The molecular formula is C23H21N3O. The van der Waals surface area contributed by atoms with Gasteiger partial charge in [-0.25, -0.2) is 4.98 Å². The lowest BCUT2D eigenvalue weighted by atomic mass is 10.1. The Kier molecular flexibility index (Phi) is 3.71. The fourth-order valence-corrected chi connectivity index (χ4v) is 4.30. The maximum Gasteiger partial charge on any atom is 0.276 e. The second kappa shape index (κ2) is 6.23. The second-order valence-corrected chi connectivity index (χ2v) is 7.29. The third-order valence-corrected chi connectivity index (χ3v) is 5.58. The van der Waals surface area contributed by atoms with Gasteiger partial charge in [-0.15, -0.1) is 0 Å². The number of pyridine rings is 1. The second-order valence-electron chi connectivity index (χ2n) is 7.29. The summed E-state index contributed by atoms with van der Waals surface area (Å²) < 4.78 is 0. The summed E-state index contributed by atoms with van der Waals surface area (Å²) in [4.78, 5) is 21.6. The van der Waals surface area contributed by atoms with Crippen molar-refractivity contribution in [3.8, 4) is 0 Å². The number of hydrogen-bond donors (Lipinski definition) is 0. The van der Waals surface area contributed by atoms with E-state index < -0.39 is 0 Å². The Bertz CT molecular complexity index is 1010. The molecular weight excluding hydrogens is 334 g/mol. The molecule has 0 radical (unpaired) electrons. The number of anilines is 3. The lowest BCUT2D eigenvalue weighted by Gasteiger charge is -2.25. The van der Waals surface area contributed by atoms with Crippen LogP contribution < -0.4 is 9.80 Å². The van der Waals surface area contributed by atoms with Crippen LogP contribution in [0.5, 0.6) is 0 Å². The zero-order valence-corrected chi connectivity index (χ0v) is 15.3. The molecule has 4 heteroatoms. The predicted molar refractivity (Wildman–Crippen MR) is 108 cm³/mol. The molecule has 134 valence electrons. The van der Waals surface area contributed by atoms with Crippen molar-refractivity contribution >= 4 is 23.0 Å². The molecule has 0 saturated heterocycles. The largest absolute Gasteiger partial charge is 0.337 e. The summed E-state index contributed by atoms with van der Waals surface area (Å²) in [6.07, 6.45) is 3.76. The van der Waals surface area contributed by atoms with Crippen molar-refractivity contribution < 1.29 is 4.79 Å². The van der Waals surface area contributed by atoms with E-state index in [9.17, 15) is 4.79 Å². The van der Waals surface area contributed by atoms with Gasteiger partial charge in [0.25, 0.3) is 5.91 Å². The quantitative estimate of drug-likeness (QED) is 0.685. The highest BCUT2D eigenvalue weighted by molar-refractivity contribution is 6.06. The lowest BCUT2D eigenvalue weighted by molar-refractivity contribution is 0.0984. The van der Waals surface area contributed by atoms with E-state index in [2.05, 4.69) is 47.1 Å². The number of carbonyl (C=O) groups excluding carboxylic acids is 1. The van der Waals surface area contributed by atoms with Gasteiger partial charge in [0.05, 0.1) is 11.9 Å². The molecule has 0 spiro atoms. The van der Waals surface area contributed by atoms with Gasteiger partial charge >= 0.3 is 0 Å². The van der Waals surface area contributed by atoms with E-state index in [-0.39, 0.29) is 5.91 Å². The highest BCUT2D eigenvalue weighted by Gasteiger charge is 2.28. The van der Waals surface area contributed by atoms with Crippen LogP contribution in [0.3, 0.4) is 0 Å². The molecule has 3 aromatic rings. The third-order valence-electron chi connectivity index (χ3n) is 5.58. The minimum absolute atomic E-state index is 0.0265. The van der Waals surface area contributed by atoms with Crippen molar-refractivity contribution in [2.45, 2.75) is 25.8 Å². The average molecular weight is 355 g/mol. The van der Waals surface area contributed by atoms with Crippen LogP contribution in [0, 0.1) is 0 Å². The summed E-state index contributed by atoms with van der Waals surface area (Å²) in [6.45, 7) is 2.94. The summed E-state index contributed by atoms with van der Waals surface area (Å²) in [6, 6.07) is 20.8. The van der Waals surface area contributed by atoms with Crippen molar-refractivity contribution in [3.63, 3.8) is 0 Å². The molecule has 0 bridgehead atoms. The SMILES string of the molecule is CC1Cc2ccccc2N1c1ccc(C(=O)N2CCc3ccccc32)nc1. The van der Waals surface area contributed by atoms with Crippen LogP contribution in [-0.2, 0) is 12.8 Å². The molecule has 0 aliphatic carbocycles. The van der Waals surface area contributed by atoms with Gasteiger partial charge < -0.3 is 9.80 Å². The van der Waals surface area contributed by atoms with Gasteiger partial charge in [-0.3, -0.25) is 4.79 Å². The van der Waals surface area contributed by atoms with E-state index in [1.165, 1.54) is 16.8 Å². The van der Waals surface area contributed by atoms with E-state index in [4.69, 9.17) is 0 Å². The first-order valence-electron chi connectivity index (χ1n) is 9.45. The van der Waals surface area contributed by atoms with Gasteiger partial charge in [-0.05, 0) is 55.2 Å². The molecule has 0 saturated carbocycles. The van der Waals surface area contributed by atoms with Crippen molar-refractivity contribution in [1.29, 1.82) is 0 Å². The Balaban J connectivity index is 1.42. The highest BCUT2D eigenvalue weighted by atomic mass is 16.2. The Hall–Kier alpha value is -3.14. The van der Waals surface area contributed by atoms with Crippen molar-refractivity contribution in [2.24, 2.45) is 0 Å². The van der Waals surface area contributed by atoms with Crippen molar-refractivity contribution in [2.75, 3.05) is 16.3 Å². The molecule has 4 nitrogen and oxygen atoms in total. The number of fused-ring (bicyclic) bond motifs is 2. The minimum atomic E-state index is -0.0265. The third kappa shape index (κ3) is 2.60. The van der Waals surface area contributed by atoms with Crippen LogP contribution in [0.25, 0.3) is 0 Å². The normalized spacial score (nSPS) is 17.7. The zero-order chi connectivity index (χ0) is 18.4. The average Bonchev–Trinajstić information content (AvgIpc) is 3.28. The van der Waals surface area contributed by atoms with Crippen LogP contribution in [0.2, 0.25) is 0 Å². The molecule has 1 amide bonds. The fourth-order valence-electron chi connectivity index (χ4n) is 4.30. The van der Waals surface area contributed by atoms with E-state index in [0.29, 0.717) is 11.7 Å². The van der Waals surface area contributed by atoms with Gasteiger partial charge in [-0.1, -0.05) is 36.4 Å². The van der Waals surface area contributed by atoms with Gasteiger partial charge in [0.15, 0.2) is 0 Å². The van der Waals surface area contributed by atoms with Crippen LogP contribution in [0.1, 0.15) is 28.5 Å². The van der Waals surface area contributed by atoms with Crippen molar-refractivity contribution in [1.82, 2.24) is 4.98 Å². The lowest BCUT2D eigenvalue weighted by Crippen LogP contribution is -2.30. The molecule has 0 fully saturated rings. The zero-order valence-electron chi connectivity index (χ0n) is 15.3. The minimum Gasteiger partial charge on any atom is -0.337 e. The summed E-state index contributed by atoms with van der Waals surface area (Å²) in [5, 5.41) is 0. The Morgan fingerprint density at radius 3 is 2.48 bits per heavy atom. The van der Waals surface area contributed by atoms with Gasteiger partial charge in [0.1, 0.15) is 5.69 Å². The number of amides is 1. The summed E-state index contributed by atoms with van der Waals surface area (Å²) in [5.74, 6) is -0.0265. The molecule has 1 aromatic heterocycles. The van der Waals surface area contributed by atoms with Crippen LogP contribution in [0.15, 0.2) is 66.9 Å². The number of para-hydroxylation sites is 2. The first kappa shape index (κ1) is 16.1. The Labute approximate surface area is 159 Å². The number of aromatic nitrogens is 1. The summed E-state index contributed by atoms with van der Waals surface area (Å²) in [5.41, 5.74) is 6.36. The standard InChI is InChI=1S/C23H21N3O/c1-16-14-18-7-3-5-9-22(18)26(16)19-10-11-20(24-15-19)23(27)25-13-12-17-6-2-4-8-21(17)25/h2-11,15-16H,12-14H2,1H3. The topological polar surface area (TPSA) is 36.4 Å². The van der Waals surface area contributed by atoms with Gasteiger partial charge in [-0.2, -0.15) is 0 Å². The first-order valence-corrected chi connectivity index (χ1v) is 9.45. The fraction of sp³-hybridized carbons (Fsp3) is 0.217. The van der Waals surface area contributed by atoms with Gasteiger partial charge in [0, 0.05) is 24.0 Å². The molecule has 27 heavy (non-hydrogen) atoms. The van der Waals surface area contributed by atoms with E-state index in [1.807, 2.05) is 41.4 Å². The number of nitrogens with zero attached hydrogens (tertiary/aromatic N) is 3. The molecule has 1 unspecified atom stereocenters. The Morgan fingerprint density at radius 2 is 1.70 bits per heavy atom. The molecule has 5 rings (SSSR count). The number of rotatable bonds is 2. The molecule has 0 N–H and O–H groups in total. The molecule has 2 aliphatic heterocycles. The maximum atomic E-state index is 13.0. The Morgan fingerprint density at radius 1 is 0.963 bits per heavy atom. The molecule has 3 heterocycles. The predicted octanol–water partition coefficient (Wildman–Crippen LogP) is 4.37.